The van der Waals surface area contributed by atoms with Gasteiger partial charge in [0.05, 0.1) is 5.52 Å². The third-order valence-electron chi connectivity index (χ3n) is 4.07. The lowest BCUT2D eigenvalue weighted by Gasteiger charge is -2.22. The average Bonchev–Trinajstić information content (AvgIpc) is 2.97. The molecule has 1 saturated carbocycles. The molecular weight excluding hydrogens is 234 g/mol. The van der Waals surface area contributed by atoms with E-state index in [4.69, 9.17) is 5.73 Å². The summed E-state index contributed by atoms with van der Waals surface area (Å²) < 4.78 is 0. The largest absolute Gasteiger partial charge is 0.329 e. The Morgan fingerprint density at radius 1 is 1.21 bits per heavy atom. The monoisotopic (exact) mass is 255 g/mol. The molecule has 0 amide bonds. The Morgan fingerprint density at radius 2 is 2.00 bits per heavy atom. The predicted octanol–water partition coefficient (Wildman–Crippen LogP) is 2.77. The van der Waals surface area contributed by atoms with Crippen LogP contribution in [0.15, 0.2) is 36.5 Å². The molecule has 1 unspecified atom stereocenters. The van der Waals surface area contributed by atoms with Gasteiger partial charge in [-0.1, -0.05) is 37.1 Å². The Hall–Kier alpha value is -1.45. The highest BCUT2D eigenvalue weighted by Gasteiger charge is 2.20. The molecule has 1 atom stereocenters. The number of fused-ring (bicyclic) bond motifs is 1. The number of nitrogens with one attached hydrogen (secondary N) is 1. The van der Waals surface area contributed by atoms with Crippen LogP contribution in [0.1, 0.15) is 37.3 Å². The van der Waals surface area contributed by atoms with Crippen molar-refractivity contribution < 1.29 is 0 Å². The molecule has 3 heteroatoms. The standard InChI is InChI=1S/C16H21N3/c17-11-15(19-13-7-1-2-8-13)14-9-3-5-12-6-4-10-18-16(12)14/h3-6,9-10,13,15,19H,1-2,7-8,11,17H2. The Morgan fingerprint density at radius 3 is 2.79 bits per heavy atom. The lowest BCUT2D eigenvalue weighted by molar-refractivity contribution is 0.446. The summed E-state index contributed by atoms with van der Waals surface area (Å²) in [5.41, 5.74) is 8.29. The Balaban J connectivity index is 1.91. The van der Waals surface area contributed by atoms with Crippen LogP contribution in [0.2, 0.25) is 0 Å². The third kappa shape index (κ3) is 2.62. The van der Waals surface area contributed by atoms with E-state index in [2.05, 4.69) is 34.6 Å². The van der Waals surface area contributed by atoms with Crippen LogP contribution in [0.5, 0.6) is 0 Å². The van der Waals surface area contributed by atoms with E-state index in [0.29, 0.717) is 12.6 Å². The molecule has 2 aromatic rings. The van der Waals surface area contributed by atoms with Crippen LogP contribution < -0.4 is 11.1 Å². The zero-order valence-corrected chi connectivity index (χ0v) is 11.2. The van der Waals surface area contributed by atoms with Gasteiger partial charge in [-0.2, -0.15) is 0 Å². The van der Waals surface area contributed by atoms with Crippen molar-refractivity contribution in [1.29, 1.82) is 0 Å². The zero-order valence-electron chi connectivity index (χ0n) is 11.2. The minimum absolute atomic E-state index is 0.210. The van der Waals surface area contributed by atoms with Gasteiger partial charge in [-0.3, -0.25) is 4.98 Å². The van der Waals surface area contributed by atoms with E-state index < -0.39 is 0 Å². The van der Waals surface area contributed by atoms with Crippen molar-refractivity contribution in [2.45, 2.75) is 37.8 Å². The van der Waals surface area contributed by atoms with Gasteiger partial charge in [0.15, 0.2) is 0 Å². The minimum atomic E-state index is 0.210. The first-order valence-corrected chi connectivity index (χ1v) is 7.18. The maximum absolute atomic E-state index is 5.98. The minimum Gasteiger partial charge on any atom is -0.329 e. The summed E-state index contributed by atoms with van der Waals surface area (Å²) in [6.45, 7) is 0.617. The van der Waals surface area contributed by atoms with Crippen molar-refractivity contribution in [3.63, 3.8) is 0 Å². The molecule has 1 fully saturated rings. The maximum atomic E-state index is 5.98. The average molecular weight is 255 g/mol. The Labute approximate surface area is 114 Å². The van der Waals surface area contributed by atoms with Crippen LogP contribution in [-0.4, -0.2) is 17.6 Å². The van der Waals surface area contributed by atoms with Crippen molar-refractivity contribution in [3.8, 4) is 0 Å². The van der Waals surface area contributed by atoms with Gasteiger partial charge in [-0.25, -0.2) is 0 Å². The second-order valence-electron chi connectivity index (χ2n) is 5.36. The maximum Gasteiger partial charge on any atom is 0.0750 e. The number of nitrogens with zero attached hydrogens (tertiary/aromatic N) is 1. The van der Waals surface area contributed by atoms with Crippen LogP contribution >= 0.6 is 0 Å². The van der Waals surface area contributed by atoms with Crippen LogP contribution in [-0.2, 0) is 0 Å². The van der Waals surface area contributed by atoms with Crippen LogP contribution in [0.25, 0.3) is 10.9 Å². The molecule has 1 aliphatic rings. The molecule has 0 spiro atoms. The Kier molecular flexibility index (Phi) is 3.76. The number of rotatable bonds is 4. The number of aromatic nitrogens is 1. The predicted molar refractivity (Wildman–Crippen MR) is 78.9 cm³/mol. The highest BCUT2D eigenvalue weighted by molar-refractivity contribution is 5.82. The third-order valence-corrected chi connectivity index (χ3v) is 4.07. The van der Waals surface area contributed by atoms with Gasteiger partial charge < -0.3 is 11.1 Å². The zero-order chi connectivity index (χ0) is 13.1. The van der Waals surface area contributed by atoms with Gasteiger partial charge in [0.25, 0.3) is 0 Å². The van der Waals surface area contributed by atoms with E-state index in [1.807, 2.05) is 12.3 Å². The summed E-state index contributed by atoms with van der Waals surface area (Å²) in [5.74, 6) is 0. The molecule has 0 bridgehead atoms. The molecule has 100 valence electrons. The molecule has 3 nitrogen and oxygen atoms in total. The summed E-state index contributed by atoms with van der Waals surface area (Å²) >= 11 is 0. The highest BCUT2D eigenvalue weighted by atomic mass is 15.0. The number of pyridine rings is 1. The summed E-state index contributed by atoms with van der Waals surface area (Å²) in [7, 11) is 0. The molecule has 3 rings (SSSR count). The van der Waals surface area contributed by atoms with E-state index in [-0.39, 0.29) is 6.04 Å². The fourth-order valence-electron chi connectivity index (χ4n) is 3.07. The first kappa shape index (κ1) is 12.6. The van der Waals surface area contributed by atoms with Gasteiger partial charge in [0, 0.05) is 30.2 Å². The number of para-hydroxylation sites is 1. The highest BCUT2D eigenvalue weighted by Crippen LogP contribution is 2.25. The first-order valence-electron chi connectivity index (χ1n) is 7.18. The second-order valence-corrected chi connectivity index (χ2v) is 5.36. The van der Waals surface area contributed by atoms with Crippen molar-refractivity contribution in [2.75, 3.05) is 6.54 Å². The van der Waals surface area contributed by atoms with Gasteiger partial charge >= 0.3 is 0 Å². The van der Waals surface area contributed by atoms with Crippen LogP contribution in [0.4, 0.5) is 0 Å². The molecule has 0 radical (unpaired) electrons. The van der Waals surface area contributed by atoms with Gasteiger partial charge in [0.1, 0.15) is 0 Å². The second kappa shape index (κ2) is 5.68. The van der Waals surface area contributed by atoms with Crippen molar-refractivity contribution in [3.05, 3.63) is 42.1 Å². The molecular formula is C16H21N3. The molecule has 0 saturated heterocycles. The van der Waals surface area contributed by atoms with Crippen LogP contribution in [0, 0.1) is 0 Å². The molecule has 1 aromatic carbocycles. The lowest BCUT2D eigenvalue weighted by Crippen LogP contribution is -2.35. The number of hydrogen-bond donors (Lipinski definition) is 2. The first-order chi connectivity index (χ1) is 9.38. The lowest BCUT2D eigenvalue weighted by atomic mass is 10.0. The summed E-state index contributed by atoms with van der Waals surface area (Å²) in [5, 5.41) is 4.90. The number of nitrogens with two attached hydrogens (primary N) is 1. The fraction of sp³-hybridized carbons (Fsp3) is 0.438. The molecule has 19 heavy (non-hydrogen) atoms. The molecule has 1 heterocycles. The summed E-state index contributed by atoms with van der Waals surface area (Å²) in [6.07, 6.45) is 7.07. The van der Waals surface area contributed by atoms with E-state index in [1.54, 1.807) is 0 Å². The van der Waals surface area contributed by atoms with Crippen molar-refractivity contribution in [1.82, 2.24) is 10.3 Å². The Bertz CT molecular complexity index is 541. The molecule has 1 aromatic heterocycles. The number of hydrogen-bond acceptors (Lipinski definition) is 3. The molecule has 3 N–H and O–H groups in total. The quantitative estimate of drug-likeness (QED) is 0.883. The van der Waals surface area contributed by atoms with Gasteiger partial charge in [-0.05, 0) is 24.5 Å². The van der Waals surface area contributed by atoms with E-state index in [0.717, 1.165) is 5.52 Å². The van der Waals surface area contributed by atoms with Crippen molar-refractivity contribution >= 4 is 10.9 Å². The fourth-order valence-corrected chi connectivity index (χ4v) is 3.07. The SMILES string of the molecule is NCC(NC1CCCC1)c1cccc2cccnc12. The molecule has 0 aliphatic heterocycles. The molecule has 1 aliphatic carbocycles. The van der Waals surface area contributed by atoms with Crippen molar-refractivity contribution in [2.24, 2.45) is 5.73 Å². The number of benzene rings is 1. The van der Waals surface area contributed by atoms with Crippen LogP contribution in [0.3, 0.4) is 0 Å². The van der Waals surface area contributed by atoms with E-state index in [1.165, 1.54) is 36.6 Å². The topological polar surface area (TPSA) is 50.9 Å². The summed E-state index contributed by atoms with van der Waals surface area (Å²) in [4.78, 5) is 4.53. The van der Waals surface area contributed by atoms with E-state index in [9.17, 15) is 0 Å². The van der Waals surface area contributed by atoms with Gasteiger partial charge in [-0.15, -0.1) is 0 Å². The van der Waals surface area contributed by atoms with Gasteiger partial charge in [0.2, 0.25) is 0 Å². The normalized spacial score (nSPS) is 17.9. The van der Waals surface area contributed by atoms with E-state index >= 15 is 0 Å². The smallest absolute Gasteiger partial charge is 0.0750 e. The summed E-state index contributed by atoms with van der Waals surface area (Å²) in [6, 6.07) is 11.3.